The van der Waals surface area contributed by atoms with Crippen LogP contribution in [0.3, 0.4) is 0 Å². The fourth-order valence-electron chi connectivity index (χ4n) is 2.74. The summed E-state index contributed by atoms with van der Waals surface area (Å²) in [5, 5.41) is 10.5. The Hall–Kier alpha value is -2.44. The van der Waals surface area contributed by atoms with Gasteiger partial charge in [-0.05, 0) is 23.8 Å². The van der Waals surface area contributed by atoms with E-state index in [1.165, 1.54) is 4.57 Å². The number of halogens is 1. The summed E-state index contributed by atoms with van der Waals surface area (Å²) in [6.07, 6.45) is 3.57. The zero-order chi connectivity index (χ0) is 17.4. The first kappa shape index (κ1) is 16.1. The van der Waals surface area contributed by atoms with E-state index in [4.69, 9.17) is 0 Å². The molecule has 2 aromatic carbocycles. The van der Waals surface area contributed by atoms with Gasteiger partial charge in [0.15, 0.2) is 0 Å². The lowest BCUT2D eigenvalue weighted by molar-refractivity contribution is 0.420. The maximum atomic E-state index is 12.3. The van der Waals surface area contributed by atoms with Gasteiger partial charge in [-0.25, -0.2) is 0 Å². The summed E-state index contributed by atoms with van der Waals surface area (Å²) < 4.78 is 2.29. The van der Waals surface area contributed by atoms with Gasteiger partial charge in [-0.3, -0.25) is 14.4 Å². The number of aromatic hydroxyl groups is 1. The van der Waals surface area contributed by atoms with Gasteiger partial charge in [-0.15, -0.1) is 0 Å². The van der Waals surface area contributed by atoms with Crippen LogP contribution in [-0.4, -0.2) is 15.9 Å². The predicted octanol–water partition coefficient (Wildman–Crippen LogP) is 4.68. The van der Waals surface area contributed by atoms with E-state index in [1.807, 2.05) is 54.6 Å². The number of hydrogen-bond acceptors (Lipinski definition) is 4. The van der Waals surface area contributed by atoms with Gasteiger partial charge in [0.25, 0.3) is 0 Å². The average molecular weight is 413 g/mol. The van der Waals surface area contributed by atoms with Crippen molar-refractivity contribution in [2.24, 2.45) is 4.99 Å². The van der Waals surface area contributed by atoms with Crippen molar-refractivity contribution in [1.29, 1.82) is 0 Å². The highest BCUT2D eigenvalue weighted by atomic mass is 79.9. The van der Waals surface area contributed by atoms with Gasteiger partial charge >= 0.3 is 4.87 Å². The third-order valence-corrected chi connectivity index (χ3v) is 5.71. The molecule has 0 atom stereocenters. The number of allylic oxidation sites excluding steroid dienone is 1. The minimum Gasteiger partial charge on any atom is -0.493 e. The summed E-state index contributed by atoms with van der Waals surface area (Å²) in [6.45, 7) is 0.316. The molecule has 1 N–H and O–H groups in total. The van der Waals surface area contributed by atoms with E-state index < -0.39 is 0 Å². The molecule has 25 heavy (non-hydrogen) atoms. The standard InChI is InChI=1S/C19H13BrN2O2S/c20-15-7-3-1-5-12(15)11-22-18(23)17(25-19(22)24)9-13-10-21-16-8-4-2-6-14(13)16/h1-10,23H,11H2. The highest BCUT2D eigenvalue weighted by Crippen LogP contribution is 2.34. The monoisotopic (exact) mass is 412 g/mol. The third kappa shape index (κ3) is 2.99. The van der Waals surface area contributed by atoms with Crippen LogP contribution in [0.2, 0.25) is 0 Å². The Bertz CT molecular complexity index is 1080. The molecule has 2 heterocycles. The zero-order valence-corrected chi connectivity index (χ0v) is 15.4. The van der Waals surface area contributed by atoms with Crippen LogP contribution in [0, 0.1) is 0 Å². The lowest BCUT2D eigenvalue weighted by Crippen LogP contribution is -2.13. The van der Waals surface area contributed by atoms with Crippen LogP contribution in [0.1, 0.15) is 16.0 Å². The Morgan fingerprint density at radius 1 is 1.16 bits per heavy atom. The molecule has 1 aromatic heterocycles. The summed E-state index contributed by atoms with van der Waals surface area (Å²) in [5.41, 5.74) is 3.72. The van der Waals surface area contributed by atoms with Crippen molar-refractivity contribution in [3.8, 4) is 5.88 Å². The van der Waals surface area contributed by atoms with E-state index in [1.54, 1.807) is 6.21 Å². The van der Waals surface area contributed by atoms with Gasteiger partial charge < -0.3 is 5.11 Å². The second-order valence-electron chi connectivity index (χ2n) is 5.61. The second-order valence-corrected chi connectivity index (χ2v) is 7.46. The molecule has 1 aliphatic heterocycles. The molecule has 0 spiro atoms. The summed E-state index contributed by atoms with van der Waals surface area (Å²) in [7, 11) is 0. The van der Waals surface area contributed by atoms with E-state index in [2.05, 4.69) is 20.9 Å². The lowest BCUT2D eigenvalue weighted by Gasteiger charge is -2.06. The van der Waals surface area contributed by atoms with Crippen molar-refractivity contribution in [2.45, 2.75) is 6.54 Å². The number of benzene rings is 2. The minimum absolute atomic E-state index is 0.0176. The minimum atomic E-state index is -0.191. The van der Waals surface area contributed by atoms with Gasteiger partial charge in [0.05, 0.1) is 17.1 Å². The number of para-hydroxylation sites is 1. The topological polar surface area (TPSA) is 54.6 Å². The van der Waals surface area contributed by atoms with Gasteiger partial charge in [-0.2, -0.15) is 0 Å². The van der Waals surface area contributed by atoms with Gasteiger partial charge in [0.2, 0.25) is 5.88 Å². The Morgan fingerprint density at radius 3 is 2.76 bits per heavy atom. The van der Waals surface area contributed by atoms with E-state index in [-0.39, 0.29) is 10.8 Å². The molecule has 4 nitrogen and oxygen atoms in total. The molecule has 1 aliphatic rings. The molecular formula is C19H13BrN2O2S. The first-order valence-corrected chi connectivity index (χ1v) is 9.25. The number of rotatable bonds is 3. The van der Waals surface area contributed by atoms with Crippen LogP contribution in [0.25, 0.3) is 11.6 Å². The quantitative estimate of drug-likeness (QED) is 0.678. The van der Waals surface area contributed by atoms with Crippen molar-refractivity contribution in [1.82, 2.24) is 4.57 Å². The molecule has 0 fully saturated rings. The highest BCUT2D eigenvalue weighted by molar-refractivity contribution is 9.10. The fourth-order valence-corrected chi connectivity index (χ4v) is 3.99. The largest absolute Gasteiger partial charge is 0.493 e. The van der Waals surface area contributed by atoms with E-state index >= 15 is 0 Å². The van der Waals surface area contributed by atoms with Crippen molar-refractivity contribution in [3.63, 3.8) is 0 Å². The molecule has 0 amide bonds. The predicted molar refractivity (Wildman–Crippen MR) is 106 cm³/mol. The van der Waals surface area contributed by atoms with Gasteiger partial charge in [-0.1, -0.05) is 63.7 Å². The molecule has 3 aromatic rings. The maximum absolute atomic E-state index is 12.3. The Labute approximate surface area is 156 Å². The Morgan fingerprint density at radius 2 is 1.92 bits per heavy atom. The summed E-state index contributed by atoms with van der Waals surface area (Å²) in [4.78, 5) is 17.0. The molecule has 4 rings (SSSR count). The van der Waals surface area contributed by atoms with Crippen molar-refractivity contribution in [2.75, 3.05) is 0 Å². The number of thiazole rings is 1. The molecule has 124 valence electrons. The number of aliphatic imine (C=N–C) groups is 1. The first-order valence-electron chi connectivity index (χ1n) is 7.64. The Balaban J connectivity index is 1.72. The number of hydrogen-bond donors (Lipinski definition) is 1. The molecule has 0 bridgehead atoms. The Kier molecular flexibility index (Phi) is 4.15. The van der Waals surface area contributed by atoms with Crippen LogP contribution in [0.15, 0.2) is 62.8 Å². The first-order chi connectivity index (χ1) is 12.1. The molecule has 6 heteroatoms. The van der Waals surface area contributed by atoms with Crippen molar-refractivity contribution >= 4 is 50.8 Å². The lowest BCUT2D eigenvalue weighted by atomic mass is 10.1. The summed E-state index contributed by atoms with van der Waals surface area (Å²) in [6, 6.07) is 15.5. The third-order valence-electron chi connectivity index (χ3n) is 4.02. The van der Waals surface area contributed by atoms with Crippen LogP contribution in [-0.2, 0) is 6.54 Å². The van der Waals surface area contributed by atoms with E-state index in [9.17, 15) is 9.90 Å². The average Bonchev–Trinajstić information content (AvgIpc) is 3.13. The number of fused-ring (bicyclic) bond motifs is 1. The molecule has 0 saturated heterocycles. The van der Waals surface area contributed by atoms with Gasteiger partial charge in [0.1, 0.15) is 0 Å². The molecule has 0 saturated carbocycles. The molecule has 0 aliphatic carbocycles. The fraction of sp³-hybridized carbons (Fsp3) is 0.0526. The van der Waals surface area contributed by atoms with E-state index in [0.717, 1.165) is 38.2 Å². The molecule has 0 radical (unpaired) electrons. The normalized spacial score (nSPS) is 14.2. The smallest absolute Gasteiger partial charge is 0.310 e. The number of aromatic nitrogens is 1. The highest BCUT2D eigenvalue weighted by Gasteiger charge is 2.17. The van der Waals surface area contributed by atoms with Crippen molar-refractivity contribution in [3.05, 3.63) is 78.7 Å². The zero-order valence-electron chi connectivity index (χ0n) is 13.0. The van der Waals surface area contributed by atoms with Crippen LogP contribution >= 0.6 is 27.3 Å². The molecular weight excluding hydrogens is 400 g/mol. The summed E-state index contributed by atoms with van der Waals surface area (Å²) >= 11 is 4.51. The van der Waals surface area contributed by atoms with Gasteiger partial charge in [0, 0.05) is 21.8 Å². The van der Waals surface area contributed by atoms with Crippen LogP contribution in [0.4, 0.5) is 5.69 Å². The SMILES string of the molecule is O=c1sc(C=C2C=Nc3ccccc32)c(O)n1Cc1ccccc1Br. The second kappa shape index (κ2) is 6.46. The number of nitrogens with zero attached hydrogens (tertiary/aromatic N) is 2. The van der Waals surface area contributed by atoms with Crippen LogP contribution in [0.5, 0.6) is 5.88 Å². The van der Waals surface area contributed by atoms with E-state index in [0.29, 0.717) is 11.4 Å². The maximum Gasteiger partial charge on any atom is 0.310 e. The molecule has 0 unspecified atom stereocenters. The summed E-state index contributed by atoms with van der Waals surface area (Å²) in [5.74, 6) is -0.0176. The van der Waals surface area contributed by atoms with Crippen LogP contribution < -0.4 is 4.87 Å². The van der Waals surface area contributed by atoms with Crippen molar-refractivity contribution < 1.29 is 5.11 Å².